The van der Waals surface area contributed by atoms with Crippen LogP contribution in [0.3, 0.4) is 0 Å². The maximum atomic E-state index is 13.3. The highest BCUT2D eigenvalue weighted by Gasteiger charge is 2.35. The zero-order valence-corrected chi connectivity index (χ0v) is 21.5. The Morgan fingerprint density at radius 2 is 1.95 bits per heavy atom. The van der Waals surface area contributed by atoms with Crippen LogP contribution >= 0.6 is 0 Å². The molecule has 2 saturated heterocycles. The van der Waals surface area contributed by atoms with Gasteiger partial charge in [-0.05, 0) is 69.5 Å². The van der Waals surface area contributed by atoms with Crippen LogP contribution in [0.4, 0.5) is 5.69 Å². The van der Waals surface area contributed by atoms with Crippen LogP contribution < -0.4 is 10.6 Å². The highest BCUT2D eigenvalue weighted by molar-refractivity contribution is 6.39. The molecule has 37 heavy (non-hydrogen) atoms. The minimum atomic E-state index is -0.659. The Morgan fingerprint density at radius 3 is 2.73 bits per heavy atom. The number of amides is 2. The molecule has 2 fully saturated rings. The van der Waals surface area contributed by atoms with Crippen molar-refractivity contribution in [3.63, 3.8) is 0 Å². The summed E-state index contributed by atoms with van der Waals surface area (Å²) in [5.74, 6) is -0.907. The first-order chi connectivity index (χ1) is 17.9. The van der Waals surface area contributed by atoms with Crippen LogP contribution in [0.2, 0.25) is 0 Å². The van der Waals surface area contributed by atoms with E-state index in [-0.39, 0.29) is 6.04 Å². The zero-order valence-electron chi connectivity index (χ0n) is 21.5. The van der Waals surface area contributed by atoms with E-state index in [0.29, 0.717) is 35.6 Å². The Bertz CT molecular complexity index is 1280. The maximum absolute atomic E-state index is 13.3. The number of rotatable bonds is 4. The summed E-state index contributed by atoms with van der Waals surface area (Å²) in [5.41, 5.74) is 3.37. The van der Waals surface area contributed by atoms with Gasteiger partial charge in [0.25, 0.3) is 0 Å². The average Bonchev–Trinajstić information content (AvgIpc) is 3.36. The summed E-state index contributed by atoms with van der Waals surface area (Å²) in [7, 11) is 2.14. The van der Waals surface area contributed by atoms with E-state index >= 15 is 0 Å². The van der Waals surface area contributed by atoms with Gasteiger partial charge in [-0.2, -0.15) is 0 Å². The van der Waals surface area contributed by atoms with Crippen molar-refractivity contribution in [1.29, 1.82) is 5.41 Å². The Labute approximate surface area is 217 Å². The molecule has 0 unspecified atom stereocenters. The molecule has 3 aliphatic rings. The lowest BCUT2D eigenvalue weighted by Gasteiger charge is -2.39. The van der Waals surface area contributed by atoms with Gasteiger partial charge in [-0.25, -0.2) is 4.98 Å². The van der Waals surface area contributed by atoms with E-state index in [2.05, 4.69) is 34.5 Å². The zero-order chi connectivity index (χ0) is 25.9. The lowest BCUT2D eigenvalue weighted by Crippen LogP contribution is -2.51. The van der Waals surface area contributed by atoms with E-state index in [1.807, 2.05) is 35.0 Å². The minimum absolute atomic E-state index is 0.232. The van der Waals surface area contributed by atoms with E-state index in [1.165, 1.54) is 0 Å². The number of fused-ring (bicyclic) bond motifs is 1. The predicted octanol–water partition coefficient (Wildman–Crippen LogP) is 2.98. The third-order valence-corrected chi connectivity index (χ3v) is 7.58. The molecule has 0 aromatic carbocycles. The Hall–Kier alpha value is -3.72. The minimum Gasteiger partial charge on any atom is -0.388 e. The topological polar surface area (TPSA) is 106 Å². The fraction of sp³-hybridized carbons (Fsp3) is 0.429. The van der Waals surface area contributed by atoms with Crippen LogP contribution in [0.15, 0.2) is 66.3 Å². The second-order valence-corrected chi connectivity index (χ2v) is 10.5. The first kappa shape index (κ1) is 25.0. The Morgan fingerprint density at radius 1 is 1.14 bits per heavy atom. The van der Waals surface area contributed by atoms with Gasteiger partial charge in [0.2, 0.25) is 0 Å². The van der Waals surface area contributed by atoms with E-state index in [4.69, 9.17) is 5.41 Å². The largest absolute Gasteiger partial charge is 0.388 e. The third kappa shape index (κ3) is 5.67. The number of carbonyl (C=O) groups excluding carboxylic acids is 2. The molecule has 9 heteroatoms. The van der Waals surface area contributed by atoms with Gasteiger partial charge in [-0.3, -0.25) is 9.59 Å². The third-order valence-electron chi connectivity index (χ3n) is 7.58. The van der Waals surface area contributed by atoms with Crippen molar-refractivity contribution in [2.24, 2.45) is 5.92 Å². The standard InChI is InChI=1S/C28H35N7O2/c1-19-3-6-25(20-4-5-21(24(29)15-20)17-31-22-7-11-33(2)12-8-22)35(18-19)28(37)27(36)32-23-9-13-34-14-10-30-26(34)16-23/h4-5,9-10,13-17,19,22,25,29,31H,3,6-8,11-12,18H2,1-2H3,(H,32,36)/b21-17-,29-24?/t19-,25+/m0/s1. The van der Waals surface area contributed by atoms with Crippen LogP contribution in [0.5, 0.6) is 0 Å². The molecule has 0 spiro atoms. The molecule has 4 heterocycles. The second-order valence-electron chi connectivity index (χ2n) is 10.5. The number of anilines is 1. The normalized spacial score (nSPS) is 24.4. The number of hydrogen-bond donors (Lipinski definition) is 3. The Balaban J connectivity index is 1.26. The molecular formula is C28H35N7O2. The molecule has 0 bridgehead atoms. The van der Waals surface area contributed by atoms with Gasteiger partial charge in [0, 0.05) is 54.7 Å². The first-order valence-corrected chi connectivity index (χ1v) is 13.1. The monoisotopic (exact) mass is 501 g/mol. The van der Waals surface area contributed by atoms with Gasteiger partial charge in [-0.1, -0.05) is 19.1 Å². The van der Waals surface area contributed by atoms with Crippen molar-refractivity contribution in [3.8, 4) is 0 Å². The predicted molar refractivity (Wildman–Crippen MR) is 144 cm³/mol. The highest BCUT2D eigenvalue weighted by Crippen LogP contribution is 2.29. The molecule has 2 aromatic rings. The summed E-state index contributed by atoms with van der Waals surface area (Å²) >= 11 is 0. The SMILES string of the molecule is C[C@H]1CC[C@H](C2=CC(=N)/C(=C\NC3CCN(C)CC3)C=C2)N(C(=O)C(=O)Nc2ccn3ccnc3c2)C1. The van der Waals surface area contributed by atoms with E-state index in [1.54, 1.807) is 29.4 Å². The molecule has 2 amide bonds. The summed E-state index contributed by atoms with van der Waals surface area (Å²) in [6.45, 7) is 4.76. The van der Waals surface area contributed by atoms with Gasteiger partial charge >= 0.3 is 11.8 Å². The van der Waals surface area contributed by atoms with E-state index in [0.717, 1.165) is 49.9 Å². The summed E-state index contributed by atoms with van der Waals surface area (Å²) in [6, 6.07) is 3.68. The van der Waals surface area contributed by atoms with Crippen molar-refractivity contribution in [1.82, 2.24) is 24.5 Å². The van der Waals surface area contributed by atoms with Crippen molar-refractivity contribution in [2.75, 3.05) is 32.0 Å². The molecule has 2 aromatic heterocycles. The molecule has 3 N–H and O–H groups in total. The number of carbonyl (C=O) groups is 2. The van der Waals surface area contributed by atoms with Gasteiger partial charge in [0.05, 0.1) is 11.8 Å². The summed E-state index contributed by atoms with van der Waals surface area (Å²) < 4.78 is 1.84. The summed E-state index contributed by atoms with van der Waals surface area (Å²) in [4.78, 5) is 34.5. The molecule has 9 nitrogen and oxygen atoms in total. The molecule has 2 atom stereocenters. The number of allylic oxidation sites excluding steroid dienone is 3. The highest BCUT2D eigenvalue weighted by atomic mass is 16.2. The molecule has 0 radical (unpaired) electrons. The quantitative estimate of drug-likeness (QED) is 0.559. The van der Waals surface area contributed by atoms with Crippen molar-refractivity contribution in [2.45, 2.75) is 44.7 Å². The van der Waals surface area contributed by atoms with Crippen LogP contribution in [-0.4, -0.2) is 75.5 Å². The van der Waals surface area contributed by atoms with E-state index < -0.39 is 11.8 Å². The fourth-order valence-corrected chi connectivity index (χ4v) is 5.32. The number of nitrogens with one attached hydrogen (secondary N) is 3. The molecular weight excluding hydrogens is 466 g/mol. The van der Waals surface area contributed by atoms with Crippen LogP contribution in [0.25, 0.3) is 5.65 Å². The number of nitrogens with zero attached hydrogens (tertiary/aromatic N) is 4. The lowest BCUT2D eigenvalue weighted by molar-refractivity contribution is -0.145. The van der Waals surface area contributed by atoms with Crippen molar-refractivity contribution in [3.05, 3.63) is 66.3 Å². The number of piperidine rings is 2. The number of imidazole rings is 1. The number of pyridine rings is 1. The average molecular weight is 502 g/mol. The van der Waals surface area contributed by atoms with Crippen LogP contribution in [0, 0.1) is 11.3 Å². The summed E-state index contributed by atoms with van der Waals surface area (Å²) in [5, 5.41) is 14.8. The molecule has 0 saturated carbocycles. The second kappa shape index (κ2) is 10.7. The maximum Gasteiger partial charge on any atom is 0.313 e. The molecule has 194 valence electrons. The number of likely N-dealkylation sites (tertiary alicyclic amines) is 2. The van der Waals surface area contributed by atoms with Crippen molar-refractivity contribution < 1.29 is 9.59 Å². The molecule has 2 aliphatic heterocycles. The van der Waals surface area contributed by atoms with Gasteiger partial charge < -0.3 is 30.2 Å². The van der Waals surface area contributed by atoms with E-state index in [9.17, 15) is 9.59 Å². The number of aromatic nitrogens is 2. The van der Waals surface area contributed by atoms with Gasteiger partial charge in [-0.15, -0.1) is 0 Å². The lowest BCUT2D eigenvalue weighted by atomic mass is 9.86. The Kier molecular flexibility index (Phi) is 7.23. The van der Waals surface area contributed by atoms with Gasteiger partial charge in [0.1, 0.15) is 5.65 Å². The smallest absolute Gasteiger partial charge is 0.313 e. The fourth-order valence-electron chi connectivity index (χ4n) is 5.32. The number of hydrogen-bond acceptors (Lipinski definition) is 6. The summed E-state index contributed by atoms with van der Waals surface area (Å²) in [6.07, 6.45) is 16.9. The first-order valence-electron chi connectivity index (χ1n) is 13.1. The van der Waals surface area contributed by atoms with Crippen LogP contribution in [-0.2, 0) is 9.59 Å². The van der Waals surface area contributed by atoms with Gasteiger partial charge in [0.15, 0.2) is 0 Å². The molecule has 5 rings (SSSR count). The van der Waals surface area contributed by atoms with Crippen molar-refractivity contribution >= 4 is 28.9 Å². The molecule has 1 aliphatic carbocycles. The van der Waals surface area contributed by atoms with Crippen LogP contribution in [0.1, 0.15) is 32.6 Å².